The second-order valence-electron chi connectivity index (χ2n) is 8.51. The maximum atomic E-state index is 14.1. The van der Waals surface area contributed by atoms with Gasteiger partial charge < -0.3 is 5.11 Å². The number of aliphatic carboxylic acids is 1. The Labute approximate surface area is 171 Å². The first-order chi connectivity index (χ1) is 14.0. The number of benzene rings is 3. The van der Waals surface area contributed by atoms with Gasteiger partial charge in [-0.05, 0) is 71.6 Å². The van der Waals surface area contributed by atoms with Gasteiger partial charge in [-0.3, -0.25) is 4.79 Å². The fraction of sp³-hybridized carbons (Fsp3) is 0.346. The molecule has 0 aromatic heterocycles. The molecular weight excluding hydrogens is 363 g/mol. The Bertz CT molecular complexity index is 1010. The summed E-state index contributed by atoms with van der Waals surface area (Å²) >= 11 is 0. The van der Waals surface area contributed by atoms with Gasteiger partial charge in [0.1, 0.15) is 5.82 Å². The Kier molecular flexibility index (Phi) is 5.66. The predicted octanol–water partition coefficient (Wildman–Crippen LogP) is 6.68. The SMILES string of the molecule is C[C@@H](CC1CCC(c2ccc(CC(=O)O)cc2)C1)c1ccc(F)c2ccccc12. The summed E-state index contributed by atoms with van der Waals surface area (Å²) in [4.78, 5) is 10.9. The van der Waals surface area contributed by atoms with Crippen LogP contribution in [0.5, 0.6) is 0 Å². The minimum absolute atomic E-state index is 0.0801. The topological polar surface area (TPSA) is 37.3 Å². The Morgan fingerprint density at radius 2 is 1.76 bits per heavy atom. The van der Waals surface area contributed by atoms with Crippen LogP contribution < -0.4 is 0 Å². The molecule has 1 saturated carbocycles. The molecule has 1 fully saturated rings. The van der Waals surface area contributed by atoms with Crippen molar-refractivity contribution < 1.29 is 14.3 Å². The summed E-state index contributed by atoms with van der Waals surface area (Å²) in [5, 5.41) is 10.7. The molecule has 3 aromatic carbocycles. The van der Waals surface area contributed by atoms with Crippen LogP contribution in [-0.4, -0.2) is 11.1 Å². The smallest absolute Gasteiger partial charge is 0.307 e. The van der Waals surface area contributed by atoms with Crippen LogP contribution in [0.4, 0.5) is 4.39 Å². The Morgan fingerprint density at radius 3 is 2.48 bits per heavy atom. The van der Waals surface area contributed by atoms with Crippen molar-refractivity contribution in [3.8, 4) is 0 Å². The van der Waals surface area contributed by atoms with Gasteiger partial charge in [-0.2, -0.15) is 0 Å². The van der Waals surface area contributed by atoms with Crippen LogP contribution in [0, 0.1) is 11.7 Å². The largest absolute Gasteiger partial charge is 0.481 e. The van der Waals surface area contributed by atoms with Crippen molar-refractivity contribution in [2.45, 2.75) is 50.9 Å². The second kappa shape index (κ2) is 8.36. The first kappa shape index (κ1) is 19.6. The lowest BCUT2D eigenvalue weighted by molar-refractivity contribution is -0.136. The monoisotopic (exact) mass is 390 g/mol. The summed E-state index contributed by atoms with van der Waals surface area (Å²) in [5.41, 5.74) is 3.41. The van der Waals surface area contributed by atoms with Gasteiger partial charge in [0.05, 0.1) is 6.42 Å². The van der Waals surface area contributed by atoms with E-state index in [0.29, 0.717) is 23.1 Å². The van der Waals surface area contributed by atoms with Crippen LogP contribution in [0.25, 0.3) is 10.8 Å². The molecule has 3 atom stereocenters. The third-order valence-corrected chi connectivity index (χ3v) is 6.47. The van der Waals surface area contributed by atoms with E-state index >= 15 is 0 Å². The Hall–Kier alpha value is -2.68. The van der Waals surface area contributed by atoms with Crippen molar-refractivity contribution in [1.82, 2.24) is 0 Å². The van der Waals surface area contributed by atoms with Crippen molar-refractivity contribution in [2.24, 2.45) is 5.92 Å². The molecule has 0 bridgehead atoms. The highest BCUT2D eigenvalue weighted by atomic mass is 19.1. The standard InChI is InChI=1S/C26H27FO2/c1-17(22-12-13-25(27)24-5-3-2-4-23(22)24)14-19-8-11-21(15-19)20-9-6-18(7-10-20)16-26(28)29/h2-7,9-10,12-13,17,19,21H,8,11,14-16H2,1H3,(H,28,29)/t17-,19?,21?/m0/s1. The van der Waals surface area contributed by atoms with Crippen molar-refractivity contribution in [3.63, 3.8) is 0 Å². The molecule has 2 unspecified atom stereocenters. The molecule has 1 aliphatic carbocycles. The molecule has 2 nitrogen and oxygen atoms in total. The average Bonchev–Trinajstić information content (AvgIpc) is 3.17. The number of rotatable bonds is 6. The van der Waals surface area contributed by atoms with Crippen molar-refractivity contribution in [1.29, 1.82) is 0 Å². The van der Waals surface area contributed by atoms with Gasteiger partial charge in [0, 0.05) is 5.39 Å². The molecule has 3 aromatic rings. The molecule has 29 heavy (non-hydrogen) atoms. The number of hydrogen-bond donors (Lipinski definition) is 1. The molecule has 0 heterocycles. The second-order valence-corrected chi connectivity index (χ2v) is 8.51. The zero-order valence-electron chi connectivity index (χ0n) is 16.8. The number of carbonyl (C=O) groups is 1. The van der Waals surface area contributed by atoms with Gasteiger partial charge >= 0.3 is 5.97 Å². The summed E-state index contributed by atoms with van der Waals surface area (Å²) < 4.78 is 14.1. The summed E-state index contributed by atoms with van der Waals surface area (Å²) in [7, 11) is 0. The van der Waals surface area contributed by atoms with Gasteiger partial charge in [-0.15, -0.1) is 0 Å². The summed E-state index contributed by atoms with van der Waals surface area (Å²) in [5.74, 6) is 0.667. The Morgan fingerprint density at radius 1 is 1.03 bits per heavy atom. The molecule has 0 saturated heterocycles. The molecule has 1 N–H and O–H groups in total. The zero-order chi connectivity index (χ0) is 20.4. The van der Waals surface area contributed by atoms with Gasteiger partial charge in [-0.25, -0.2) is 4.39 Å². The number of carboxylic acid groups (broad SMARTS) is 1. The molecule has 0 spiro atoms. The van der Waals surface area contributed by atoms with E-state index in [2.05, 4.69) is 19.1 Å². The van der Waals surface area contributed by atoms with Crippen molar-refractivity contribution in [3.05, 3.63) is 83.2 Å². The maximum Gasteiger partial charge on any atom is 0.307 e. The highest BCUT2D eigenvalue weighted by molar-refractivity contribution is 5.86. The quantitative estimate of drug-likeness (QED) is 0.509. The number of halogens is 1. The van der Waals surface area contributed by atoms with Gasteiger partial charge in [-0.1, -0.05) is 61.5 Å². The van der Waals surface area contributed by atoms with Crippen LogP contribution in [-0.2, 0) is 11.2 Å². The molecule has 4 rings (SSSR count). The van der Waals surface area contributed by atoms with Crippen LogP contribution in [0.1, 0.15) is 61.1 Å². The van der Waals surface area contributed by atoms with Crippen LogP contribution in [0.3, 0.4) is 0 Å². The fourth-order valence-corrected chi connectivity index (χ4v) is 5.02. The summed E-state index contributed by atoms with van der Waals surface area (Å²) in [6.45, 7) is 2.26. The molecule has 0 amide bonds. The number of carboxylic acids is 1. The normalized spacial score (nSPS) is 20.1. The zero-order valence-corrected chi connectivity index (χ0v) is 16.8. The minimum Gasteiger partial charge on any atom is -0.481 e. The summed E-state index contributed by atoms with van der Waals surface area (Å²) in [6.07, 6.45) is 4.76. The summed E-state index contributed by atoms with van der Waals surface area (Å²) in [6, 6.07) is 19.4. The highest BCUT2D eigenvalue weighted by Gasteiger charge is 2.27. The predicted molar refractivity (Wildman–Crippen MR) is 115 cm³/mol. The van der Waals surface area contributed by atoms with E-state index in [4.69, 9.17) is 5.11 Å². The molecule has 0 aliphatic heterocycles. The minimum atomic E-state index is -0.791. The highest BCUT2D eigenvalue weighted by Crippen LogP contribution is 2.43. The van der Waals surface area contributed by atoms with E-state index in [-0.39, 0.29) is 12.2 Å². The van der Waals surface area contributed by atoms with E-state index in [1.807, 2.05) is 42.5 Å². The number of hydrogen-bond acceptors (Lipinski definition) is 1. The first-order valence-corrected chi connectivity index (χ1v) is 10.5. The fourth-order valence-electron chi connectivity index (χ4n) is 5.02. The van der Waals surface area contributed by atoms with Crippen molar-refractivity contribution in [2.75, 3.05) is 0 Å². The maximum absolute atomic E-state index is 14.1. The lowest BCUT2D eigenvalue weighted by atomic mass is 9.86. The van der Waals surface area contributed by atoms with Gasteiger partial charge in [0.15, 0.2) is 0 Å². The first-order valence-electron chi connectivity index (χ1n) is 10.5. The van der Waals surface area contributed by atoms with E-state index in [9.17, 15) is 9.18 Å². The molecule has 150 valence electrons. The van der Waals surface area contributed by atoms with E-state index in [0.717, 1.165) is 17.4 Å². The molecule has 3 heteroatoms. The average molecular weight is 390 g/mol. The van der Waals surface area contributed by atoms with E-state index in [1.54, 1.807) is 6.07 Å². The molecule has 1 aliphatic rings. The molecule has 0 radical (unpaired) electrons. The van der Waals surface area contributed by atoms with Crippen LogP contribution >= 0.6 is 0 Å². The van der Waals surface area contributed by atoms with Gasteiger partial charge in [0.25, 0.3) is 0 Å². The van der Waals surface area contributed by atoms with Crippen LogP contribution in [0.2, 0.25) is 0 Å². The Balaban J connectivity index is 1.43. The van der Waals surface area contributed by atoms with E-state index < -0.39 is 5.97 Å². The molecular formula is C26H27FO2. The third-order valence-electron chi connectivity index (χ3n) is 6.47. The van der Waals surface area contributed by atoms with Gasteiger partial charge in [0.2, 0.25) is 0 Å². The number of fused-ring (bicyclic) bond motifs is 1. The van der Waals surface area contributed by atoms with Crippen LogP contribution in [0.15, 0.2) is 60.7 Å². The third kappa shape index (κ3) is 4.34. The lowest BCUT2D eigenvalue weighted by Gasteiger charge is -2.19. The van der Waals surface area contributed by atoms with E-state index in [1.165, 1.54) is 30.4 Å². The lowest BCUT2D eigenvalue weighted by Crippen LogP contribution is -2.04. The van der Waals surface area contributed by atoms with Crippen molar-refractivity contribution >= 4 is 16.7 Å².